The molecule has 2 aromatic heterocycles. The van der Waals surface area contributed by atoms with Crippen LogP contribution < -0.4 is 10.1 Å². The summed E-state index contributed by atoms with van der Waals surface area (Å²) in [6.07, 6.45) is 2.84. The Morgan fingerprint density at radius 1 is 1.29 bits per heavy atom. The SMILES string of the molecule is Cc1cccc(O[C@H](C)C(=O)Nc2nc(-c3cccnc3)cs2)c1. The van der Waals surface area contributed by atoms with Crippen LogP contribution >= 0.6 is 11.3 Å². The van der Waals surface area contributed by atoms with Crippen molar-refractivity contribution >= 4 is 22.4 Å². The number of amides is 1. The Kier molecular flexibility index (Phi) is 4.86. The summed E-state index contributed by atoms with van der Waals surface area (Å²) in [7, 11) is 0. The van der Waals surface area contributed by atoms with Gasteiger partial charge >= 0.3 is 0 Å². The van der Waals surface area contributed by atoms with Crippen molar-refractivity contribution in [3.63, 3.8) is 0 Å². The Bertz CT molecular complexity index is 833. The molecule has 0 aliphatic carbocycles. The third-order valence-electron chi connectivity index (χ3n) is 3.36. The van der Waals surface area contributed by atoms with Crippen molar-refractivity contribution in [2.45, 2.75) is 20.0 Å². The Morgan fingerprint density at radius 3 is 2.92 bits per heavy atom. The lowest BCUT2D eigenvalue weighted by atomic mass is 10.2. The number of carbonyl (C=O) groups excluding carboxylic acids is 1. The summed E-state index contributed by atoms with van der Waals surface area (Å²) in [5.41, 5.74) is 2.79. The van der Waals surface area contributed by atoms with Crippen molar-refractivity contribution in [2.75, 3.05) is 5.32 Å². The van der Waals surface area contributed by atoms with Crippen LogP contribution in [0, 0.1) is 6.92 Å². The molecule has 1 atom stereocenters. The zero-order chi connectivity index (χ0) is 16.9. The van der Waals surface area contributed by atoms with Gasteiger partial charge < -0.3 is 4.74 Å². The van der Waals surface area contributed by atoms with Gasteiger partial charge in [0.1, 0.15) is 5.75 Å². The predicted molar refractivity (Wildman–Crippen MR) is 95.2 cm³/mol. The largest absolute Gasteiger partial charge is 0.481 e. The van der Waals surface area contributed by atoms with Crippen LogP contribution in [0.1, 0.15) is 12.5 Å². The molecular formula is C18H17N3O2S. The van der Waals surface area contributed by atoms with Crippen LogP contribution in [0.25, 0.3) is 11.3 Å². The fourth-order valence-electron chi connectivity index (χ4n) is 2.13. The maximum Gasteiger partial charge on any atom is 0.266 e. The lowest BCUT2D eigenvalue weighted by molar-refractivity contribution is -0.122. The topological polar surface area (TPSA) is 64.1 Å². The number of ether oxygens (including phenoxy) is 1. The third-order valence-corrected chi connectivity index (χ3v) is 4.12. The summed E-state index contributed by atoms with van der Waals surface area (Å²) in [4.78, 5) is 20.8. The summed E-state index contributed by atoms with van der Waals surface area (Å²) in [6, 6.07) is 11.4. The fourth-order valence-corrected chi connectivity index (χ4v) is 2.85. The number of aromatic nitrogens is 2. The molecule has 3 rings (SSSR count). The third kappa shape index (κ3) is 3.97. The van der Waals surface area contributed by atoms with E-state index >= 15 is 0 Å². The normalized spacial score (nSPS) is 11.8. The zero-order valence-electron chi connectivity index (χ0n) is 13.4. The standard InChI is InChI=1S/C18H17N3O2S/c1-12-5-3-7-15(9-12)23-13(2)17(22)21-18-20-16(11-24-18)14-6-4-8-19-10-14/h3-11,13H,1-2H3,(H,20,21,22)/t13-/m1/s1. The number of hydrogen-bond donors (Lipinski definition) is 1. The highest BCUT2D eigenvalue weighted by Crippen LogP contribution is 2.24. The number of hydrogen-bond acceptors (Lipinski definition) is 5. The summed E-state index contributed by atoms with van der Waals surface area (Å²) in [6.45, 7) is 3.69. The van der Waals surface area contributed by atoms with E-state index in [4.69, 9.17) is 4.74 Å². The lowest BCUT2D eigenvalue weighted by Gasteiger charge is -2.14. The first kappa shape index (κ1) is 16.1. The van der Waals surface area contributed by atoms with Crippen molar-refractivity contribution in [3.8, 4) is 17.0 Å². The quantitative estimate of drug-likeness (QED) is 0.765. The number of nitrogens with one attached hydrogen (secondary N) is 1. The van der Waals surface area contributed by atoms with Gasteiger partial charge in [-0.15, -0.1) is 11.3 Å². The van der Waals surface area contributed by atoms with Crippen LogP contribution in [0.5, 0.6) is 5.75 Å². The number of nitrogens with zero attached hydrogens (tertiary/aromatic N) is 2. The van der Waals surface area contributed by atoms with E-state index in [-0.39, 0.29) is 5.91 Å². The molecule has 1 aromatic carbocycles. The number of carbonyl (C=O) groups is 1. The van der Waals surface area contributed by atoms with E-state index in [9.17, 15) is 4.79 Å². The van der Waals surface area contributed by atoms with Gasteiger partial charge in [0.25, 0.3) is 5.91 Å². The van der Waals surface area contributed by atoms with E-state index in [1.807, 2.05) is 48.7 Å². The highest BCUT2D eigenvalue weighted by molar-refractivity contribution is 7.14. The van der Waals surface area contributed by atoms with E-state index in [2.05, 4.69) is 15.3 Å². The summed E-state index contributed by atoms with van der Waals surface area (Å²) < 4.78 is 5.68. The minimum absolute atomic E-state index is 0.233. The van der Waals surface area contributed by atoms with E-state index in [0.29, 0.717) is 10.9 Å². The number of rotatable bonds is 5. The van der Waals surface area contributed by atoms with Gasteiger partial charge in [-0.2, -0.15) is 0 Å². The zero-order valence-corrected chi connectivity index (χ0v) is 14.2. The second-order valence-electron chi connectivity index (χ2n) is 5.35. The van der Waals surface area contributed by atoms with E-state index in [0.717, 1.165) is 16.8 Å². The van der Waals surface area contributed by atoms with Gasteiger partial charge in [-0.3, -0.25) is 15.1 Å². The van der Waals surface area contributed by atoms with Crippen molar-refractivity contribution < 1.29 is 9.53 Å². The van der Waals surface area contributed by atoms with Gasteiger partial charge in [-0.05, 0) is 43.7 Å². The summed E-state index contributed by atoms with van der Waals surface area (Å²) in [5, 5.41) is 5.22. The van der Waals surface area contributed by atoms with Gasteiger partial charge in [-0.1, -0.05) is 12.1 Å². The molecule has 0 radical (unpaired) electrons. The van der Waals surface area contributed by atoms with Gasteiger partial charge in [-0.25, -0.2) is 4.98 Å². The van der Waals surface area contributed by atoms with Crippen molar-refractivity contribution in [1.82, 2.24) is 9.97 Å². The molecule has 6 heteroatoms. The summed E-state index contributed by atoms with van der Waals surface area (Å²) >= 11 is 1.37. The molecule has 5 nitrogen and oxygen atoms in total. The van der Waals surface area contributed by atoms with Crippen molar-refractivity contribution in [2.24, 2.45) is 0 Å². The second kappa shape index (κ2) is 7.23. The molecule has 1 N–H and O–H groups in total. The fraction of sp³-hybridized carbons (Fsp3) is 0.167. The molecule has 2 heterocycles. The van der Waals surface area contributed by atoms with Crippen LogP contribution in [-0.4, -0.2) is 22.0 Å². The first-order valence-electron chi connectivity index (χ1n) is 7.52. The van der Waals surface area contributed by atoms with E-state index in [1.54, 1.807) is 19.3 Å². The number of aryl methyl sites for hydroxylation is 1. The van der Waals surface area contributed by atoms with Crippen LogP contribution in [0.3, 0.4) is 0 Å². The predicted octanol–water partition coefficient (Wildman–Crippen LogP) is 3.92. The summed E-state index contributed by atoms with van der Waals surface area (Å²) in [5.74, 6) is 0.441. The van der Waals surface area contributed by atoms with Gasteiger partial charge in [0, 0.05) is 23.3 Å². The number of pyridine rings is 1. The lowest BCUT2D eigenvalue weighted by Crippen LogP contribution is -2.30. The molecule has 122 valence electrons. The monoisotopic (exact) mass is 339 g/mol. The maximum atomic E-state index is 12.3. The first-order valence-corrected chi connectivity index (χ1v) is 8.40. The van der Waals surface area contributed by atoms with E-state index < -0.39 is 6.10 Å². The molecule has 0 aliphatic rings. The van der Waals surface area contributed by atoms with Gasteiger partial charge in [0.2, 0.25) is 0 Å². The van der Waals surface area contributed by atoms with Crippen LogP contribution in [0.4, 0.5) is 5.13 Å². The molecule has 0 saturated heterocycles. The average Bonchev–Trinajstić information content (AvgIpc) is 3.04. The minimum Gasteiger partial charge on any atom is -0.481 e. The van der Waals surface area contributed by atoms with Crippen LogP contribution in [0.2, 0.25) is 0 Å². The Balaban J connectivity index is 1.63. The Hall–Kier alpha value is -2.73. The number of thiazole rings is 1. The number of anilines is 1. The van der Waals surface area contributed by atoms with Gasteiger partial charge in [0.15, 0.2) is 11.2 Å². The Morgan fingerprint density at radius 2 is 2.17 bits per heavy atom. The molecule has 0 saturated carbocycles. The molecule has 3 aromatic rings. The molecule has 0 fully saturated rings. The number of benzene rings is 1. The van der Waals surface area contributed by atoms with Crippen molar-refractivity contribution in [3.05, 3.63) is 59.7 Å². The maximum absolute atomic E-state index is 12.3. The average molecular weight is 339 g/mol. The van der Waals surface area contributed by atoms with Crippen LogP contribution in [0.15, 0.2) is 54.2 Å². The smallest absolute Gasteiger partial charge is 0.266 e. The molecule has 24 heavy (non-hydrogen) atoms. The van der Waals surface area contributed by atoms with Crippen LogP contribution in [-0.2, 0) is 4.79 Å². The van der Waals surface area contributed by atoms with E-state index in [1.165, 1.54) is 11.3 Å². The Labute approximate surface area is 144 Å². The van der Waals surface area contributed by atoms with Crippen molar-refractivity contribution in [1.29, 1.82) is 0 Å². The molecule has 0 spiro atoms. The molecule has 1 amide bonds. The second-order valence-corrected chi connectivity index (χ2v) is 6.20. The minimum atomic E-state index is -0.613. The van der Waals surface area contributed by atoms with Gasteiger partial charge in [0.05, 0.1) is 5.69 Å². The first-order chi connectivity index (χ1) is 11.6. The molecule has 0 unspecified atom stereocenters. The molecule has 0 aliphatic heterocycles. The molecule has 0 bridgehead atoms. The highest BCUT2D eigenvalue weighted by atomic mass is 32.1. The molecular weight excluding hydrogens is 322 g/mol. The highest BCUT2D eigenvalue weighted by Gasteiger charge is 2.16.